The molecule has 0 spiro atoms. The summed E-state index contributed by atoms with van der Waals surface area (Å²) in [5.41, 5.74) is 3.68. The molecular weight excluding hydrogens is 348 g/mol. The number of rotatable bonds is 3. The lowest BCUT2D eigenvalue weighted by molar-refractivity contribution is 0.102. The number of nitrogens with zero attached hydrogens (tertiary/aromatic N) is 3. The van der Waals surface area contributed by atoms with Crippen LogP contribution in [0.25, 0.3) is 0 Å². The van der Waals surface area contributed by atoms with Crippen LogP contribution in [0.2, 0.25) is 5.02 Å². The highest BCUT2D eigenvalue weighted by molar-refractivity contribution is 6.30. The van der Waals surface area contributed by atoms with Gasteiger partial charge in [0.2, 0.25) is 0 Å². The van der Waals surface area contributed by atoms with E-state index in [-0.39, 0.29) is 5.91 Å². The molecule has 0 bridgehead atoms. The van der Waals surface area contributed by atoms with Crippen LogP contribution < -0.4 is 10.2 Å². The molecule has 0 aliphatic carbocycles. The highest BCUT2D eigenvalue weighted by Gasteiger charge is 2.18. The molecule has 0 radical (unpaired) electrons. The molecule has 1 aliphatic rings. The summed E-state index contributed by atoms with van der Waals surface area (Å²) >= 11 is 5.87. The number of aromatic nitrogens is 2. The molecule has 130 valence electrons. The zero-order valence-electron chi connectivity index (χ0n) is 14.0. The number of carbonyl (C=O) groups excluding carboxylic acids is 1. The molecule has 4 rings (SSSR count). The maximum Gasteiger partial charge on any atom is 0.274 e. The van der Waals surface area contributed by atoms with Gasteiger partial charge in [-0.2, -0.15) is 0 Å². The number of benzene rings is 2. The van der Waals surface area contributed by atoms with Crippen molar-refractivity contribution in [1.29, 1.82) is 0 Å². The normalized spacial score (nSPS) is 13.2. The van der Waals surface area contributed by atoms with Crippen molar-refractivity contribution in [3.05, 3.63) is 82.8 Å². The quantitative estimate of drug-likeness (QED) is 0.764. The number of hydrogen-bond acceptors (Lipinski definition) is 4. The van der Waals surface area contributed by atoms with E-state index in [1.807, 2.05) is 6.07 Å². The Labute approximate surface area is 156 Å². The van der Waals surface area contributed by atoms with Gasteiger partial charge in [-0.25, -0.2) is 9.97 Å². The third kappa shape index (κ3) is 3.53. The molecule has 26 heavy (non-hydrogen) atoms. The van der Waals surface area contributed by atoms with Gasteiger partial charge < -0.3 is 10.2 Å². The second-order valence-corrected chi connectivity index (χ2v) is 6.60. The number of halogens is 1. The highest BCUT2D eigenvalue weighted by atomic mass is 35.5. The van der Waals surface area contributed by atoms with E-state index in [0.29, 0.717) is 16.4 Å². The Morgan fingerprint density at radius 1 is 1.04 bits per heavy atom. The number of anilines is 2. The predicted octanol–water partition coefficient (Wildman–Crippen LogP) is 3.95. The first kappa shape index (κ1) is 16.5. The van der Waals surface area contributed by atoms with Gasteiger partial charge in [0.1, 0.15) is 17.8 Å². The molecule has 1 aromatic heterocycles. The lowest BCUT2D eigenvalue weighted by Gasteiger charge is -2.29. The second kappa shape index (κ2) is 7.14. The lowest BCUT2D eigenvalue weighted by Crippen LogP contribution is -2.31. The van der Waals surface area contributed by atoms with Crippen LogP contribution >= 0.6 is 11.6 Å². The molecule has 0 saturated heterocycles. The van der Waals surface area contributed by atoms with Gasteiger partial charge in [0.25, 0.3) is 5.91 Å². The zero-order chi connectivity index (χ0) is 17.9. The molecule has 0 saturated carbocycles. The van der Waals surface area contributed by atoms with E-state index in [2.05, 4.69) is 38.4 Å². The van der Waals surface area contributed by atoms with Crippen LogP contribution in [0.1, 0.15) is 21.6 Å². The standard InChI is InChI=1S/C20H17ClN4O/c21-16-5-7-17(8-6-16)24-20(26)18-11-19(23-13-22-18)25-10-9-14-3-1-2-4-15(14)12-25/h1-8,11,13H,9-10,12H2,(H,24,26). The van der Waals surface area contributed by atoms with Gasteiger partial charge in [-0.15, -0.1) is 0 Å². The molecule has 1 aliphatic heterocycles. The molecule has 1 amide bonds. The van der Waals surface area contributed by atoms with Crippen molar-refractivity contribution in [2.75, 3.05) is 16.8 Å². The van der Waals surface area contributed by atoms with Crippen LogP contribution in [0.4, 0.5) is 11.5 Å². The van der Waals surface area contributed by atoms with E-state index in [9.17, 15) is 4.79 Å². The third-order valence-electron chi connectivity index (χ3n) is 4.44. The van der Waals surface area contributed by atoms with Crippen molar-refractivity contribution in [1.82, 2.24) is 9.97 Å². The molecular formula is C20H17ClN4O. The summed E-state index contributed by atoms with van der Waals surface area (Å²) in [6.07, 6.45) is 2.40. The minimum absolute atomic E-state index is 0.270. The number of fused-ring (bicyclic) bond motifs is 1. The predicted molar refractivity (Wildman–Crippen MR) is 103 cm³/mol. The Morgan fingerprint density at radius 3 is 2.62 bits per heavy atom. The Balaban J connectivity index is 1.51. The zero-order valence-corrected chi connectivity index (χ0v) is 14.8. The first-order chi connectivity index (χ1) is 12.7. The largest absolute Gasteiger partial charge is 0.352 e. The summed E-state index contributed by atoms with van der Waals surface area (Å²) in [4.78, 5) is 23.1. The number of carbonyl (C=O) groups is 1. The molecule has 0 atom stereocenters. The molecule has 2 heterocycles. The lowest BCUT2D eigenvalue weighted by atomic mass is 10.00. The fourth-order valence-electron chi connectivity index (χ4n) is 3.06. The Hall–Kier alpha value is -2.92. The van der Waals surface area contributed by atoms with Crippen molar-refractivity contribution in [2.45, 2.75) is 13.0 Å². The monoisotopic (exact) mass is 364 g/mol. The summed E-state index contributed by atoms with van der Waals surface area (Å²) in [5, 5.41) is 3.45. The summed E-state index contributed by atoms with van der Waals surface area (Å²) in [5.74, 6) is 0.490. The SMILES string of the molecule is O=C(Nc1ccc(Cl)cc1)c1cc(N2CCc3ccccc3C2)ncn1. The third-order valence-corrected chi connectivity index (χ3v) is 4.69. The van der Waals surface area contributed by atoms with Crippen molar-refractivity contribution in [3.8, 4) is 0 Å². The maximum atomic E-state index is 12.5. The Morgan fingerprint density at radius 2 is 1.81 bits per heavy atom. The van der Waals surface area contributed by atoms with Crippen LogP contribution in [0, 0.1) is 0 Å². The summed E-state index contributed by atoms with van der Waals surface area (Å²) in [6, 6.07) is 17.1. The topological polar surface area (TPSA) is 58.1 Å². The number of nitrogens with one attached hydrogen (secondary N) is 1. The van der Waals surface area contributed by atoms with Gasteiger partial charge >= 0.3 is 0 Å². The molecule has 6 heteroatoms. The van der Waals surface area contributed by atoms with Gasteiger partial charge in [0.15, 0.2) is 0 Å². The Kier molecular flexibility index (Phi) is 4.54. The van der Waals surface area contributed by atoms with Crippen LogP contribution in [0.15, 0.2) is 60.9 Å². The van der Waals surface area contributed by atoms with Gasteiger partial charge in [-0.1, -0.05) is 35.9 Å². The number of hydrogen-bond donors (Lipinski definition) is 1. The van der Waals surface area contributed by atoms with Crippen LogP contribution in [-0.2, 0) is 13.0 Å². The van der Waals surface area contributed by atoms with Gasteiger partial charge in [0.05, 0.1) is 0 Å². The van der Waals surface area contributed by atoms with Crippen LogP contribution in [0.3, 0.4) is 0 Å². The average molecular weight is 365 g/mol. The van der Waals surface area contributed by atoms with Crippen molar-refractivity contribution in [2.24, 2.45) is 0 Å². The van der Waals surface area contributed by atoms with E-state index in [0.717, 1.165) is 25.3 Å². The van der Waals surface area contributed by atoms with E-state index in [1.54, 1.807) is 30.3 Å². The summed E-state index contributed by atoms with van der Waals surface area (Å²) in [7, 11) is 0. The minimum atomic E-state index is -0.270. The fourth-order valence-corrected chi connectivity index (χ4v) is 3.19. The van der Waals surface area contributed by atoms with Crippen LogP contribution in [0.5, 0.6) is 0 Å². The molecule has 2 aromatic carbocycles. The first-order valence-corrected chi connectivity index (χ1v) is 8.77. The first-order valence-electron chi connectivity index (χ1n) is 8.40. The van der Waals surface area contributed by atoms with Gasteiger partial charge in [0, 0.05) is 29.9 Å². The molecule has 0 unspecified atom stereocenters. The smallest absolute Gasteiger partial charge is 0.274 e. The van der Waals surface area contributed by atoms with E-state index < -0.39 is 0 Å². The molecule has 3 aromatic rings. The average Bonchev–Trinajstić information content (AvgIpc) is 2.69. The van der Waals surface area contributed by atoms with E-state index in [4.69, 9.17) is 11.6 Å². The summed E-state index contributed by atoms with van der Waals surface area (Å²) in [6.45, 7) is 1.65. The number of amides is 1. The molecule has 5 nitrogen and oxygen atoms in total. The van der Waals surface area contributed by atoms with E-state index >= 15 is 0 Å². The van der Waals surface area contributed by atoms with E-state index in [1.165, 1.54) is 17.5 Å². The molecule has 1 N–H and O–H groups in total. The maximum absolute atomic E-state index is 12.5. The Bertz CT molecular complexity index is 943. The van der Waals surface area contributed by atoms with Crippen molar-refractivity contribution >= 4 is 29.0 Å². The highest BCUT2D eigenvalue weighted by Crippen LogP contribution is 2.23. The van der Waals surface area contributed by atoms with Crippen LogP contribution in [-0.4, -0.2) is 22.4 Å². The second-order valence-electron chi connectivity index (χ2n) is 6.16. The van der Waals surface area contributed by atoms with Gasteiger partial charge in [-0.3, -0.25) is 4.79 Å². The summed E-state index contributed by atoms with van der Waals surface area (Å²) < 4.78 is 0. The van der Waals surface area contributed by atoms with Gasteiger partial charge in [-0.05, 0) is 41.8 Å². The fraction of sp³-hybridized carbons (Fsp3) is 0.150. The minimum Gasteiger partial charge on any atom is -0.352 e. The van der Waals surface area contributed by atoms with Crippen molar-refractivity contribution < 1.29 is 4.79 Å². The molecule has 0 fully saturated rings. The van der Waals surface area contributed by atoms with Crippen molar-refractivity contribution in [3.63, 3.8) is 0 Å².